The van der Waals surface area contributed by atoms with Gasteiger partial charge >= 0.3 is 18.0 Å². The van der Waals surface area contributed by atoms with E-state index in [0.717, 1.165) is 10.5 Å². The van der Waals surface area contributed by atoms with Gasteiger partial charge in [0.2, 0.25) is 12.5 Å². The van der Waals surface area contributed by atoms with E-state index in [0.29, 0.717) is 18.6 Å². The Morgan fingerprint density at radius 1 is 1.12 bits per heavy atom. The zero-order valence-electron chi connectivity index (χ0n) is 23.6. The summed E-state index contributed by atoms with van der Waals surface area (Å²) in [5.74, 6) is -1.87. The lowest BCUT2D eigenvalue weighted by atomic mass is 9.64. The molecular weight excluding hydrogens is 526 g/mol. The van der Waals surface area contributed by atoms with E-state index in [9.17, 15) is 19.5 Å². The molecule has 12 nitrogen and oxygen atoms in total. The Balaban J connectivity index is 1.62. The van der Waals surface area contributed by atoms with Gasteiger partial charge in [0.25, 0.3) is 0 Å². The summed E-state index contributed by atoms with van der Waals surface area (Å²) in [5, 5.41) is 10.4. The highest BCUT2D eigenvalue weighted by Crippen LogP contribution is 2.52. The molecule has 1 aliphatic carbocycles. The van der Waals surface area contributed by atoms with E-state index >= 15 is 0 Å². The molecule has 1 aromatic rings. The first-order valence-corrected chi connectivity index (χ1v) is 13.1. The standard InChI is InChI=1S/C28H37NO11/c1-28(2,3)40-27(33)29(4)11-22(30)39-25-16(7-17-12-36-14-38-17)8-18(23-19(25)13-37-26(23)32)15-9-20(34-5)24(31)21(10-15)35-6/h9-10,12,16,18-19,23,25,31H,7-8,11,13-14H2,1-6H3/t16?,18-,19-,23+,25-/m0/s1. The smallest absolute Gasteiger partial charge is 0.410 e. The Hall–Kier alpha value is -3.83. The van der Waals surface area contributed by atoms with Gasteiger partial charge in [0.1, 0.15) is 30.3 Å². The van der Waals surface area contributed by atoms with Gasteiger partial charge in [0.15, 0.2) is 11.5 Å². The number of methoxy groups -OCH3 is 2. The Morgan fingerprint density at radius 3 is 2.38 bits per heavy atom. The summed E-state index contributed by atoms with van der Waals surface area (Å²) >= 11 is 0. The SMILES string of the molecule is COc1cc([C@@H]2CC(CC3=COCO3)[C@H](OC(=O)CN(C)C(=O)OC(C)(C)C)[C@H]3COC(=O)[C@@H]32)cc(OC)c1O. The number of rotatable bonds is 8. The van der Waals surface area contributed by atoms with Gasteiger partial charge in [-0.2, -0.15) is 0 Å². The van der Waals surface area contributed by atoms with Crippen LogP contribution in [0.5, 0.6) is 17.2 Å². The lowest BCUT2D eigenvalue weighted by molar-refractivity contribution is -0.161. The van der Waals surface area contributed by atoms with Crippen LogP contribution in [0.1, 0.15) is 45.1 Å². The van der Waals surface area contributed by atoms with Crippen LogP contribution in [0, 0.1) is 17.8 Å². The van der Waals surface area contributed by atoms with E-state index in [4.69, 9.17) is 33.2 Å². The van der Waals surface area contributed by atoms with E-state index in [1.54, 1.807) is 32.9 Å². The number of likely N-dealkylation sites (N-methyl/N-ethyl adjacent to an activating group) is 1. The number of aromatic hydroxyl groups is 1. The van der Waals surface area contributed by atoms with Crippen LogP contribution >= 0.6 is 0 Å². The van der Waals surface area contributed by atoms with Crippen LogP contribution in [0.15, 0.2) is 24.2 Å². The minimum absolute atomic E-state index is 0.0686. The molecule has 3 aliphatic rings. The van der Waals surface area contributed by atoms with Gasteiger partial charge in [0, 0.05) is 25.3 Å². The molecule has 1 aromatic carbocycles. The number of benzene rings is 1. The molecule has 40 heavy (non-hydrogen) atoms. The molecule has 12 heteroatoms. The molecule has 1 saturated heterocycles. The van der Waals surface area contributed by atoms with E-state index in [2.05, 4.69) is 0 Å². The zero-order valence-corrected chi connectivity index (χ0v) is 23.6. The minimum atomic E-state index is -0.718. The molecule has 2 aliphatic heterocycles. The molecule has 0 radical (unpaired) electrons. The molecule has 2 fully saturated rings. The number of allylic oxidation sites excluding steroid dienone is 1. The van der Waals surface area contributed by atoms with E-state index in [1.807, 2.05) is 0 Å². The summed E-state index contributed by atoms with van der Waals surface area (Å²) in [4.78, 5) is 39.7. The predicted octanol–water partition coefficient (Wildman–Crippen LogP) is 3.32. The maximum atomic E-state index is 13.1. The van der Waals surface area contributed by atoms with Gasteiger partial charge in [0.05, 0.1) is 26.7 Å². The molecule has 0 bridgehead atoms. The van der Waals surface area contributed by atoms with Crippen LogP contribution in [0.3, 0.4) is 0 Å². The molecule has 1 unspecified atom stereocenters. The number of ether oxygens (including phenoxy) is 7. The van der Waals surface area contributed by atoms with Crippen molar-refractivity contribution in [3.05, 3.63) is 29.7 Å². The van der Waals surface area contributed by atoms with Crippen molar-refractivity contribution in [1.29, 1.82) is 0 Å². The number of phenols is 1. The topological polar surface area (TPSA) is 139 Å². The van der Waals surface area contributed by atoms with Crippen LogP contribution < -0.4 is 9.47 Å². The zero-order chi connectivity index (χ0) is 29.2. The second kappa shape index (κ2) is 11.7. The second-order valence-electron chi connectivity index (χ2n) is 11.2. The molecular formula is C28H37NO11. The van der Waals surface area contributed by atoms with Crippen molar-refractivity contribution < 1.29 is 52.6 Å². The molecule has 0 spiro atoms. The summed E-state index contributed by atoms with van der Waals surface area (Å²) in [6, 6.07) is 3.36. The van der Waals surface area contributed by atoms with Crippen LogP contribution in [-0.2, 0) is 33.3 Å². The molecule has 0 aromatic heterocycles. The Labute approximate surface area is 233 Å². The fourth-order valence-electron chi connectivity index (χ4n) is 5.55. The highest BCUT2D eigenvalue weighted by atomic mass is 16.7. The Morgan fingerprint density at radius 2 is 1.80 bits per heavy atom. The molecule has 2 heterocycles. The van der Waals surface area contributed by atoms with E-state index in [-0.39, 0.29) is 49.0 Å². The van der Waals surface area contributed by atoms with Crippen LogP contribution in [0.25, 0.3) is 0 Å². The van der Waals surface area contributed by atoms with E-state index in [1.165, 1.54) is 27.5 Å². The maximum Gasteiger partial charge on any atom is 0.410 e. The lowest BCUT2D eigenvalue weighted by Gasteiger charge is -2.42. The normalized spacial score (nSPS) is 25.5. The first-order valence-electron chi connectivity index (χ1n) is 13.1. The first kappa shape index (κ1) is 29.2. The second-order valence-corrected chi connectivity index (χ2v) is 11.2. The minimum Gasteiger partial charge on any atom is -0.502 e. The van der Waals surface area contributed by atoms with Crippen molar-refractivity contribution in [3.63, 3.8) is 0 Å². The Kier molecular flexibility index (Phi) is 8.55. The predicted molar refractivity (Wildman–Crippen MR) is 138 cm³/mol. The number of hydrogen-bond acceptors (Lipinski definition) is 11. The summed E-state index contributed by atoms with van der Waals surface area (Å²) in [6.45, 7) is 5.04. The third-order valence-electron chi connectivity index (χ3n) is 7.29. The summed E-state index contributed by atoms with van der Waals surface area (Å²) in [6.07, 6.45) is 0.991. The number of nitrogens with zero attached hydrogens (tertiary/aromatic N) is 1. The Bertz CT molecular complexity index is 1130. The highest BCUT2D eigenvalue weighted by molar-refractivity contribution is 5.79. The number of carbonyl (C=O) groups excluding carboxylic acids is 3. The number of phenolic OH excluding ortho intramolecular Hbond substituents is 1. The molecule has 5 atom stereocenters. The molecule has 1 N–H and O–H groups in total. The number of esters is 2. The van der Waals surface area contributed by atoms with Crippen LogP contribution in [-0.4, -0.2) is 81.0 Å². The van der Waals surface area contributed by atoms with Crippen molar-refractivity contribution in [1.82, 2.24) is 4.90 Å². The lowest BCUT2D eigenvalue weighted by Crippen LogP contribution is -2.47. The third-order valence-corrected chi connectivity index (χ3v) is 7.29. The maximum absolute atomic E-state index is 13.1. The number of carbonyl (C=O) groups is 3. The summed E-state index contributed by atoms with van der Waals surface area (Å²) in [7, 11) is 4.32. The van der Waals surface area contributed by atoms with Crippen molar-refractivity contribution in [2.45, 2.75) is 51.2 Å². The molecule has 1 amide bonds. The van der Waals surface area contributed by atoms with Crippen LogP contribution in [0.2, 0.25) is 0 Å². The number of hydrogen-bond donors (Lipinski definition) is 1. The van der Waals surface area contributed by atoms with Crippen molar-refractivity contribution in [2.75, 3.05) is 41.2 Å². The monoisotopic (exact) mass is 563 g/mol. The quantitative estimate of drug-likeness (QED) is 0.368. The van der Waals surface area contributed by atoms with Gasteiger partial charge in [-0.05, 0) is 50.8 Å². The summed E-state index contributed by atoms with van der Waals surface area (Å²) in [5.41, 5.74) is 0.00168. The van der Waals surface area contributed by atoms with Crippen molar-refractivity contribution >= 4 is 18.0 Å². The van der Waals surface area contributed by atoms with E-state index < -0.39 is 41.6 Å². The molecule has 4 rings (SSSR count). The average molecular weight is 564 g/mol. The van der Waals surface area contributed by atoms with Crippen LogP contribution in [0.4, 0.5) is 4.79 Å². The number of fused-ring (bicyclic) bond motifs is 1. The third kappa shape index (κ3) is 6.31. The van der Waals surface area contributed by atoms with Gasteiger partial charge in [-0.25, -0.2) is 4.79 Å². The fraction of sp³-hybridized carbons (Fsp3) is 0.607. The highest BCUT2D eigenvalue weighted by Gasteiger charge is 2.55. The number of amides is 1. The van der Waals surface area contributed by atoms with Gasteiger partial charge in [-0.1, -0.05) is 0 Å². The molecule has 1 saturated carbocycles. The van der Waals surface area contributed by atoms with Gasteiger partial charge in [-0.15, -0.1) is 0 Å². The van der Waals surface area contributed by atoms with Crippen molar-refractivity contribution in [2.24, 2.45) is 17.8 Å². The van der Waals surface area contributed by atoms with Gasteiger partial charge in [-0.3, -0.25) is 9.59 Å². The van der Waals surface area contributed by atoms with Gasteiger partial charge < -0.3 is 43.2 Å². The number of cyclic esters (lactones) is 1. The molecule has 220 valence electrons. The largest absolute Gasteiger partial charge is 0.502 e. The van der Waals surface area contributed by atoms with Crippen molar-refractivity contribution in [3.8, 4) is 17.2 Å². The fourth-order valence-corrected chi connectivity index (χ4v) is 5.55. The average Bonchev–Trinajstić information content (AvgIpc) is 3.54. The first-order chi connectivity index (χ1) is 18.9. The summed E-state index contributed by atoms with van der Waals surface area (Å²) < 4.78 is 38.3.